The minimum atomic E-state index is 0.399. The lowest BCUT2D eigenvalue weighted by Crippen LogP contribution is -2.28. The zero-order chi connectivity index (χ0) is 17.7. The summed E-state index contributed by atoms with van der Waals surface area (Å²) in [5.74, 6) is 0. The first-order valence-electron chi connectivity index (χ1n) is 8.48. The number of anilines is 1. The molecule has 1 fully saturated rings. The van der Waals surface area contributed by atoms with Crippen molar-refractivity contribution in [1.82, 2.24) is 9.80 Å². The normalized spacial score (nSPS) is 15.8. The summed E-state index contributed by atoms with van der Waals surface area (Å²) in [7, 11) is 4.18. The zero-order valence-corrected chi connectivity index (χ0v) is 15.1. The average Bonchev–Trinajstić information content (AvgIpc) is 3.04. The van der Waals surface area contributed by atoms with Crippen LogP contribution in [0.1, 0.15) is 30.9 Å². The lowest BCUT2D eigenvalue weighted by Gasteiger charge is -2.28. The largest absolute Gasteiger partial charge is 0.372 e. The van der Waals surface area contributed by atoms with Crippen molar-refractivity contribution in [2.75, 3.05) is 38.8 Å². The number of benzene rings is 1. The SMILES string of the molecule is C=CCCC(C)N(C)c1ccc(C(=C)N2CCN(C)C2)c(C#N)c1. The highest BCUT2D eigenvalue weighted by Crippen LogP contribution is 2.28. The molecule has 0 bridgehead atoms. The molecule has 1 atom stereocenters. The zero-order valence-electron chi connectivity index (χ0n) is 15.1. The summed E-state index contributed by atoms with van der Waals surface area (Å²) >= 11 is 0. The van der Waals surface area contributed by atoms with Crippen LogP contribution in [0.4, 0.5) is 5.69 Å². The molecule has 0 amide bonds. The quantitative estimate of drug-likeness (QED) is 0.719. The molecule has 0 aliphatic carbocycles. The van der Waals surface area contributed by atoms with Gasteiger partial charge >= 0.3 is 0 Å². The number of hydrogen-bond donors (Lipinski definition) is 0. The van der Waals surface area contributed by atoms with E-state index in [-0.39, 0.29) is 0 Å². The van der Waals surface area contributed by atoms with Crippen LogP contribution in [-0.4, -0.2) is 49.7 Å². The van der Waals surface area contributed by atoms with E-state index in [9.17, 15) is 5.26 Å². The highest BCUT2D eigenvalue weighted by molar-refractivity contribution is 5.71. The van der Waals surface area contributed by atoms with Crippen LogP contribution in [0.5, 0.6) is 0 Å². The molecule has 1 aromatic carbocycles. The van der Waals surface area contributed by atoms with Crippen molar-refractivity contribution in [3.8, 4) is 6.07 Å². The predicted octanol–water partition coefficient (Wildman–Crippen LogP) is 3.52. The average molecular weight is 324 g/mol. The summed E-state index contributed by atoms with van der Waals surface area (Å²) in [6.45, 7) is 13.1. The van der Waals surface area contributed by atoms with Crippen molar-refractivity contribution in [3.63, 3.8) is 0 Å². The van der Waals surface area contributed by atoms with Gasteiger partial charge in [0.15, 0.2) is 0 Å². The van der Waals surface area contributed by atoms with Crippen molar-refractivity contribution >= 4 is 11.4 Å². The predicted molar refractivity (Wildman–Crippen MR) is 102 cm³/mol. The fraction of sp³-hybridized carbons (Fsp3) is 0.450. The van der Waals surface area contributed by atoms with E-state index in [1.54, 1.807) is 0 Å². The van der Waals surface area contributed by atoms with Gasteiger partial charge in [-0.25, -0.2) is 0 Å². The molecule has 0 N–H and O–H groups in total. The van der Waals surface area contributed by atoms with Gasteiger partial charge in [0, 0.05) is 43.1 Å². The van der Waals surface area contributed by atoms with Crippen LogP contribution >= 0.6 is 0 Å². The number of likely N-dealkylation sites (N-methyl/N-ethyl adjacent to an activating group) is 1. The van der Waals surface area contributed by atoms with Crippen molar-refractivity contribution in [3.05, 3.63) is 48.6 Å². The van der Waals surface area contributed by atoms with Crippen molar-refractivity contribution in [2.24, 2.45) is 0 Å². The number of allylic oxidation sites excluding steroid dienone is 1. The maximum absolute atomic E-state index is 9.60. The molecule has 1 heterocycles. The molecule has 1 aliphatic rings. The van der Waals surface area contributed by atoms with E-state index in [2.05, 4.69) is 61.0 Å². The third-order valence-electron chi connectivity index (χ3n) is 4.84. The second-order valence-corrected chi connectivity index (χ2v) is 6.60. The third-order valence-corrected chi connectivity index (χ3v) is 4.84. The second-order valence-electron chi connectivity index (χ2n) is 6.60. The first-order chi connectivity index (χ1) is 11.5. The van der Waals surface area contributed by atoms with Crippen LogP contribution in [-0.2, 0) is 0 Å². The minimum absolute atomic E-state index is 0.399. The van der Waals surface area contributed by atoms with Crippen LogP contribution in [0, 0.1) is 11.3 Å². The molecule has 1 saturated heterocycles. The second kappa shape index (κ2) is 8.03. The summed E-state index contributed by atoms with van der Waals surface area (Å²) in [6, 6.07) is 8.84. The van der Waals surface area contributed by atoms with Crippen LogP contribution in [0.15, 0.2) is 37.4 Å². The van der Waals surface area contributed by atoms with Gasteiger partial charge < -0.3 is 9.80 Å². The minimum Gasteiger partial charge on any atom is -0.372 e. The Bertz CT molecular complexity index is 644. The van der Waals surface area contributed by atoms with Crippen molar-refractivity contribution in [2.45, 2.75) is 25.8 Å². The maximum atomic E-state index is 9.60. The molecule has 0 aromatic heterocycles. The number of nitriles is 1. The van der Waals surface area contributed by atoms with Gasteiger partial charge in [-0.3, -0.25) is 4.90 Å². The van der Waals surface area contributed by atoms with E-state index in [4.69, 9.17) is 0 Å². The lowest BCUT2D eigenvalue weighted by molar-refractivity contribution is 0.351. The van der Waals surface area contributed by atoms with Gasteiger partial charge in [0.05, 0.1) is 18.3 Å². The Kier molecular flexibility index (Phi) is 6.05. The van der Waals surface area contributed by atoms with Crippen LogP contribution in [0.3, 0.4) is 0 Å². The van der Waals surface area contributed by atoms with E-state index in [0.717, 1.165) is 49.5 Å². The molecule has 128 valence electrons. The van der Waals surface area contributed by atoms with Gasteiger partial charge in [-0.05, 0) is 45.0 Å². The van der Waals surface area contributed by atoms with E-state index in [0.29, 0.717) is 11.6 Å². The van der Waals surface area contributed by atoms with E-state index in [1.807, 2.05) is 18.2 Å². The summed E-state index contributed by atoms with van der Waals surface area (Å²) in [6.07, 6.45) is 4.00. The topological polar surface area (TPSA) is 33.5 Å². The van der Waals surface area contributed by atoms with Crippen LogP contribution in [0.2, 0.25) is 0 Å². The lowest BCUT2D eigenvalue weighted by atomic mass is 10.0. The highest BCUT2D eigenvalue weighted by Gasteiger charge is 2.21. The molecule has 24 heavy (non-hydrogen) atoms. The Morgan fingerprint density at radius 3 is 2.79 bits per heavy atom. The smallest absolute Gasteiger partial charge is 0.0999 e. The summed E-state index contributed by atoms with van der Waals surface area (Å²) in [5.41, 5.74) is 3.63. The Labute approximate surface area is 146 Å². The van der Waals surface area contributed by atoms with Gasteiger partial charge in [0.1, 0.15) is 0 Å². The summed E-state index contributed by atoms with van der Waals surface area (Å²) < 4.78 is 0. The fourth-order valence-corrected chi connectivity index (χ4v) is 3.02. The van der Waals surface area contributed by atoms with E-state index >= 15 is 0 Å². The Hall–Kier alpha value is -2.25. The van der Waals surface area contributed by atoms with Crippen LogP contribution < -0.4 is 4.90 Å². The molecule has 4 heteroatoms. The molecule has 0 radical (unpaired) electrons. The van der Waals surface area contributed by atoms with Crippen LogP contribution in [0.25, 0.3) is 5.70 Å². The Morgan fingerprint density at radius 2 is 2.21 bits per heavy atom. The molecule has 1 aromatic rings. The van der Waals surface area contributed by atoms with Gasteiger partial charge in [0.25, 0.3) is 0 Å². The molecule has 4 nitrogen and oxygen atoms in total. The monoisotopic (exact) mass is 324 g/mol. The van der Waals surface area contributed by atoms with Crippen molar-refractivity contribution < 1.29 is 0 Å². The van der Waals surface area contributed by atoms with Gasteiger partial charge in [-0.1, -0.05) is 12.7 Å². The Morgan fingerprint density at radius 1 is 1.46 bits per heavy atom. The summed E-state index contributed by atoms with van der Waals surface area (Å²) in [5, 5.41) is 9.60. The number of nitrogens with zero attached hydrogens (tertiary/aromatic N) is 4. The molecule has 2 rings (SSSR count). The molecular weight excluding hydrogens is 296 g/mol. The van der Waals surface area contributed by atoms with Crippen molar-refractivity contribution in [1.29, 1.82) is 5.26 Å². The molecular formula is C20H28N4. The Balaban J connectivity index is 2.20. The van der Waals surface area contributed by atoms with E-state index in [1.165, 1.54) is 0 Å². The maximum Gasteiger partial charge on any atom is 0.0999 e. The fourth-order valence-electron chi connectivity index (χ4n) is 3.02. The van der Waals surface area contributed by atoms with Gasteiger partial charge in [0.2, 0.25) is 0 Å². The number of hydrogen-bond acceptors (Lipinski definition) is 4. The highest BCUT2D eigenvalue weighted by atomic mass is 15.4. The molecule has 1 aliphatic heterocycles. The third kappa shape index (κ3) is 3.98. The van der Waals surface area contributed by atoms with Gasteiger partial charge in [-0.15, -0.1) is 6.58 Å². The van der Waals surface area contributed by atoms with Gasteiger partial charge in [-0.2, -0.15) is 5.26 Å². The molecule has 0 spiro atoms. The first kappa shape index (κ1) is 18.1. The molecule has 0 saturated carbocycles. The summed E-state index contributed by atoms with van der Waals surface area (Å²) in [4.78, 5) is 6.70. The van der Waals surface area contributed by atoms with E-state index < -0.39 is 0 Å². The number of rotatable bonds is 7. The first-order valence-corrected chi connectivity index (χ1v) is 8.48. The molecule has 1 unspecified atom stereocenters. The standard InChI is InChI=1S/C20H28N4/c1-6-7-8-16(2)23(5)19-9-10-20(18(13-19)14-21)17(3)24-12-11-22(4)15-24/h6,9-10,13,16H,1,3,7-8,11-12,15H2,2,4-5H3.